The summed E-state index contributed by atoms with van der Waals surface area (Å²) in [5.41, 5.74) is 0.497. The van der Waals surface area contributed by atoms with Gasteiger partial charge < -0.3 is 10.6 Å². The molecule has 0 aliphatic rings. The molecule has 0 unspecified atom stereocenters. The van der Waals surface area contributed by atoms with E-state index in [1.807, 2.05) is 30.3 Å². The molecule has 2 rings (SSSR count). The summed E-state index contributed by atoms with van der Waals surface area (Å²) in [5.74, 6) is -2.73. The smallest absolute Gasteiger partial charge is 0.243 e. The highest BCUT2D eigenvalue weighted by Crippen LogP contribution is 2.17. The van der Waals surface area contributed by atoms with Crippen molar-refractivity contribution in [2.45, 2.75) is 12.8 Å². The third-order valence-electron chi connectivity index (χ3n) is 3.16. The number of para-hydroxylation sites is 1. The van der Waals surface area contributed by atoms with E-state index in [1.54, 1.807) is 0 Å². The van der Waals surface area contributed by atoms with Gasteiger partial charge in [0.25, 0.3) is 0 Å². The van der Waals surface area contributed by atoms with Crippen LogP contribution in [0, 0.1) is 11.6 Å². The number of amides is 2. The molecule has 0 aliphatic heterocycles. The number of anilines is 1. The molecule has 0 fully saturated rings. The average Bonchev–Trinajstić information content (AvgIpc) is 2.55. The van der Waals surface area contributed by atoms with Gasteiger partial charge in [0.1, 0.15) is 17.3 Å². The highest BCUT2D eigenvalue weighted by Gasteiger charge is 2.12. The largest absolute Gasteiger partial charge is 0.347 e. The van der Waals surface area contributed by atoms with E-state index in [0.29, 0.717) is 6.42 Å². The highest BCUT2D eigenvalue weighted by molar-refractivity contribution is 5.94. The first-order valence-corrected chi connectivity index (χ1v) is 7.11. The van der Waals surface area contributed by atoms with E-state index >= 15 is 0 Å². The lowest BCUT2D eigenvalue weighted by molar-refractivity contribution is -0.124. The van der Waals surface area contributed by atoms with Gasteiger partial charge in [-0.25, -0.2) is 8.78 Å². The summed E-state index contributed by atoms with van der Waals surface area (Å²) < 4.78 is 26.8. The molecule has 0 heterocycles. The van der Waals surface area contributed by atoms with Crippen LogP contribution in [0.25, 0.3) is 0 Å². The van der Waals surface area contributed by atoms with Crippen molar-refractivity contribution in [1.29, 1.82) is 0 Å². The molecular formula is C17H16F2N2O2. The minimum atomic E-state index is -0.867. The van der Waals surface area contributed by atoms with Gasteiger partial charge >= 0.3 is 0 Å². The maximum Gasteiger partial charge on any atom is 0.243 e. The molecule has 2 aromatic carbocycles. The fraction of sp³-hybridized carbons (Fsp3) is 0.176. The van der Waals surface area contributed by atoms with Crippen LogP contribution in [0.3, 0.4) is 0 Å². The molecule has 6 heteroatoms. The summed E-state index contributed by atoms with van der Waals surface area (Å²) in [7, 11) is 0. The number of halogens is 2. The first-order valence-electron chi connectivity index (χ1n) is 7.11. The van der Waals surface area contributed by atoms with Crippen molar-refractivity contribution in [3.8, 4) is 0 Å². The Kier molecular flexibility index (Phi) is 5.80. The lowest BCUT2D eigenvalue weighted by atomic mass is 10.1. The Morgan fingerprint density at radius 3 is 2.17 bits per heavy atom. The second-order valence-electron chi connectivity index (χ2n) is 4.91. The molecular weight excluding hydrogens is 302 g/mol. The van der Waals surface area contributed by atoms with Crippen molar-refractivity contribution < 1.29 is 18.4 Å². The van der Waals surface area contributed by atoms with Crippen LogP contribution < -0.4 is 10.6 Å². The van der Waals surface area contributed by atoms with Crippen LogP contribution >= 0.6 is 0 Å². The van der Waals surface area contributed by atoms with Gasteiger partial charge in [0.15, 0.2) is 0 Å². The number of aryl methyl sites for hydroxylation is 1. The van der Waals surface area contributed by atoms with Crippen molar-refractivity contribution in [2.24, 2.45) is 0 Å². The predicted octanol–water partition coefficient (Wildman–Crippen LogP) is 2.65. The lowest BCUT2D eigenvalue weighted by Gasteiger charge is -2.08. The van der Waals surface area contributed by atoms with Crippen molar-refractivity contribution in [2.75, 3.05) is 11.9 Å². The van der Waals surface area contributed by atoms with Crippen LogP contribution in [0.15, 0.2) is 48.5 Å². The zero-order chi connectivity index (χ0) is 16.7. The lowest BCUT2D eigenvalue weighted by Crippen LogP contribution is -2.33. The Balaban J connectivity index is 1.77. The van der Waals surface area contributed by atoms with Crippen molar-refractivity contribution in [3.05, 3.63) is 65.7 Å². The van der Waals surface area contributed by atoms with Gasteiger partial charge in [-0.05, 0) is 24.1 Å². The standard InChI is InChI=1S/C17H16F2N2O2/c18-13-7-4-8-14(19)17(13)21-16(23)11-20-15(22)10-9-12-5-2-1-3-6-12/h1-8H,9-11H2,(H,20,22)(H,21,23). The number of carbonyl (C=O) groups excluding carboxylic acids is 2. The molecule has 4 nitrogen and oxygen atoms in total. The van der Waals surface area contributed by atoms with E-state index < -0.39 is 23.2 Å². The van der Waals surface area contributed by atoms with Crippen LogP contribution in [0.5, 0.6) is 0 Å². The molecule has 0 saturated heterocycles. The first kappa shape index (κ1) is 16.6. The molecule has 2 amide bonds. The normalized spacial score (nSPS) is 10.2. The number of benzene rings is 2. The topological polar surface area (TPSA) is 58.2 Å². The molecule has 0 aliphatic carbocycles. The minimum absolute atomic E-state index is 0.228. The molecule has 0 radical (unpaired) electrons. The van der Waals surface area contributed by atoms with Gasteiger partial charge in [-0.1, -0.05) is 36.4 Å². The summed E-state index contributed by atoms with van der Waals surface area (Å²) >= 11 is 0. The molecule has 0 saturated carbocycles. The molecule has 120 valence electrons. The summed E-state index contributed by atoms with van der Waals surface area (Å²) in [6.45, 7) is -0.346. The molecule has 2 N–H and O–H groups in total. The van der Waals surface area contributed by atoms with Gasteiger partial charge in [0, 0.05) is 6.42 Å². The van der Waals surface area contributed by atoms with E-state index in [2.05, 4.69) is 10.6 Å². The monoisotopic (exact) mass is 318 g/mol. The molecule has 23 heavy (non-hydrogen) atoms. The van der Waals surface area contributed by atoms with E-state index in [-0.39, 0.29) is 18.9 Å². The molecule has 0 atom stereocenters. The van der Waals surface area contributed by atoms with Gasteiger partial charge in [0.2, 0.25) is 11.8 Å². The Morgan fingerprint density at radius 2 is 1.52 bits per heavy atom. The summed E-state index contributed by atoms with van der Waals surface area (Å²) in [6.07, 6.45) is 0.779. The third kappa shape index (κ3) is 5.18. The van der Waals surface area contributed by atoms with Crippen LogP contribution in [0.2, 0.25) is 0 Å². The van der Waals surface area contributed by atoms with Crippen LogP contribution in [0.1, 0.15) is 12.0 Å². The van der Waals surface area contributed by atoms with Gasteiger partial charge in [-0.3, -0.25) is 9.59 Å². The fourth-order valence-corrected chi connectivity index (χ4v) is 1.97. The summed E-state index contributed by atoms with van der Waals surface area (Å²) in [4.78, 5) is 23.3. The average molecular weight is 318 g/mol. The quantitative estimate of drug-likeness (QED) is 0.860. The number of hydrogen-bond acceptors (Lipinski definition) is 2. The van der Waals surface area contributed by atoms with Crippen molar-refractivity contribution in [1.82, 2.24) is 5.32 Å². The Labute approximate surface area is 132 Å². The summed E-state index contributed by atoms with van der Waals surface area (Å²) in [5, 5.41) is 4.52. The Bertz CT molecular complexity index is 670. The molecule has 0 aromatic heterocycles. The second kappa shape index (κ2) is 8.03. The zero-order valence-corrected chi connectivity index (χ0v) is 12.3. The number of carbonyl (C=O) groups is 2. The summed E-state index contributed by atoms with van der Waals surface area (Å²) in [6, 6.07) is 12.7. The molecule has 2 aromatic rings. The van der Waals surface area contributed by atoms with Crippen LogP contribution in [-0.4, -0.2) is 18.4 Å². The number of hydrogen-bond donors (Lipinski definition) is 2. The van der Waals surface area contributed by atoms with Crippen molar-refractivity contribution in [3.63, 3.8) is 0 Å². The van der Waals surface area contributed by atoms with E-state index in [4.69, 9.17) is 0 Å². The third-order valence-corrected chi connectivity index (χ3v) is 3.16. The molecule has 0 bridgehead atoms. The van der Waals surface area contributed by atoms with E-state index in [1.165, 1.54) is 6.07 Å². The SMILES string of the molecule is O=C(CCc1ccccc1)NCC(=O)Nc1c(F)cccc1F. The van der Waals surface area contributed by atoms with Gasteiger partial charge in [-0.2, -0.15) is 0 Å². The Hall–Kier alpha value is -2.76. The van der Waals surface area contributed by atoms with Crippen LogP contribution in [-0.2, 0) is 16.0 Å². The number of rotatable bonds is 6. The maximum atomic E-state index is 13.4. The number of nitrogens with one attached hydrogen (secondary N) is 2. The van der Waals surface area contributed by atoms with Gasteiger partial charge in [0.05, 0.1) is 6.54 Å². The Morgan fingerprint density at radius 1 is 0.870 bits per heavy atom. The first-order chi connectivity index (χ1) is 11.1. The highest BCUT2D eigenvalue weighted by atomic mass is 19.1. The van der Waals surface area contributed by atoms with Gasteiger partial charge in [-0.15, -0.1) is 0 Å². The minimum Gasteiger partial charge on any atom is -0.347 e. The molecule has 0 spiro atoms. The fourth-order valence-electron chi connectivity index (χ4n) is 1.97. The van der Waals surface area contributed by atoms with E-state index in [9.17, 15) is 18.4 Å². The van der Waals surface area contributed by atoms with Crippen molar-refractivity contribution >= 4 is 17.5 Å². The predicted molar refractivity (Wildman–Crippen MR) is 82.8 cm³/mol. The van der Waals surface area contributed by atoms with E-state index in [0.717, 1.165) is 17.7 Å². The maximum absolute atomic E-state index is 13.4. The second-order valence-corrected chi connectivity index (χ2v) is 4.91. The van der Waals surface area contributed by atoms with Crippen LogP contribution in [0.4, 0.5) is 14.5 Å². The zero-order valence-electron chi connectivity index (χ0n) is 12.3.